The van der Waals surface area contributed by atoms with Gasteiger partial charge in [-0.25, -0.2) is 4.98 Å². The van der Waals surface area contributed by atoms with Gasteiger partial charge in [0.15, 0.2) is 0 Å². The van der Waals surface area contributed by atoms with Gasteiger partial charge in [-0.1, -0.05) is 11.6 Å². The number of benzene rings is 1. The van der Waals surface area contributed by atoms with Crippen molar-refractivity contribution in [3.05, 3.63) is 53.1 Å². The van der Waals surface area contributed by atoms with Crippen LogP contribution in [0.2, 0.25) is 5.02 Å². The Morgan fingerprint density at radius 2 is 1.97 bits per heavy atom. The zero-order valence-electron chi connectivity index (χ0n) is 16.5. The number of imidazole rings is 1. The van der Waals surface area contributed by atoms with E-state index in [1.165, 1.54) is 0 Å². The van der Waals surface area contributed by atoms with Gasteiger partial charge in [0.05, 0.1) is 12.1 Å². The van der Waals surface area contributed by atoms with Gasteiger partial charge in [0.2, 0.25) is 5.91 Å². The van der Waals surface area contributed by atoms with Gasteiger partial charge in [-0.15, -0.1) is 0 Å². The number of aliphatic hydroxyl groups excluding tert-OH is 1. The third-order valence-electron chi connectivity index (χ3n) is 4.89. The van der Waals surface area contributed by atoms with E-state index in [2.05, 4.69) is 15.6 Å². The lowest BCUT2D eigenvalue weighted by Crippen LogP contribution is -2.40. The van der Waals surface area contributed by atoms with Crippen LogP contribution in [0.5, 0.6) is 0 Å². The van der Waals surface area contributed by atoms with E-state index in [0.717, 1.165) is 5.82 Å². The molecule has 3 atom stereocenters. The number of hydrogen-bond acceptors (Lipinski definition) is 5. The first-order valence-electron chi connectivity index (χ1n) is 9.42. The maximum absolute atomic E-state index is 12.4. The number of carboxylic acid groups (broad SMARTS) is 1. The number of carbonyl (C=O) groups excluding carboxylic acids is 2. The summed E-state index contributed by atoms with van der Waals surface area (Å²) >= 11 is 5.83. The van der Waals surface area contributed by atoms with E-state index < -0.39 is 12.1 Å². The van der Waals surface area contributed by atoms with Gasteiger partial charge in [-0.2, -0.15) is 0 Å². The Balaban J connectivity index is 0.00000101. The van der Waals surface area contributed by atoms with E-state index in [9.17, 15) is 14.7 Å². The second-order valence-electron chi connectivity index (χ2n) is 6.92. The maximum atomic E-state index is 12.4. The summed E-state index contributed by atoms with van der Waals surface area (Å²) < 4.78 is 1.91. The summed E-state index contributed by atoms with van der Waals surface area (Å²) in [6.07, 6.45) is 4.22. The number of aromatic nitrogens is 2. The molecule has 1 aromatic heterocycles. The molecule has 2 aromatic rings. The summed E-state index contributed by atoms with van der Waals surface area (Å²) in [7, 11) is 1.91. The zero-order valence-corrected chi connectivity index (χ0v) is 17.2. The van der Waals surface area contributed by atoms with E-state index in [0.29, 0.717) is 36.4 Å². The van der Waals surface area contributed by atoms with Crippen molar-refractivity contribution in [1.82, 2.24) is 20.2 Å². The molecule has 4 N–H and O–H groups in total. The van der Waals surface area contributed by atoms with Gasteiger partial charge in [-0.05, 0) is 37.1 Å². The largest absolute Gasteiger partial charge is 0.483 e. The minimum atomic E-state index is -0.744. The number of nitrogens with one attached hydrogen (secondary N) is 2. The van der Waals surface area contributed by atoms with E-state index in [4.69, 9.17) is 21.5 Å². The summed E-state index contributed by atoms with van der Waals surface area (Å²) in [4.78, 5) is 37.2. The van der Waals surface area contributed by atoms with Gasteiger partial charge in [0.1, 0.15) is 5.82 Å². The van der Waals surface area contributed by atoms with E-state index in [1.807, 2.05) is 17.8 Å². The third kappa shape index (κ3) is 6.57. The summed E-state index contributed by atoms with van der Waals surface area (Å²) in [5.41, 5.74) is 0.467. The summed E-state index contributed by atoms with van der Waals surface area (Å²) in [6, 6.07) is 6.08. The molecule has 9 nitrogen and oxygen atoms in total. The molecule has 162 valence electrons. The molecule has 0 unspecified atom stereocenters. The molecule has 1 saturated carbocycles. The van der Waals surface area contributed by atoms with Crippen molar-refractivity contribution in [2.75, 3.05) is 6.54 Å². The monoisotopic (exact) mass is 436 g/mol. The molecule has 2 amide bonds. The lowest BCUT2D eigenvalue weighted by molar-refractivity contribution is -0.125. The van der Waals surface area contributed by atoms with E-state index >= 15 is 0 Å². The van der Waals surface area contributed by atoms with Crippen LogP contribution in [0.25, 0.3) is 0 Å². The molecule has 1 aliphatic carbocycles. The third-order valence-corrected chi connectivity index (χ3v) is 5.14. The van der Waals surface area contributed by atoms with Gasteiger partial charge in [0, 0.05) is 48.9 Å². The maximum Gasteiger partial charge on any atom is 0.290 e. The van der Waals surface area contributed by atoms with Gasteiger partial charge in [0.25, 0.3) is 12.4 Å². The van der Waals surface area contributed by atoms with Crippen molar-refractivity contribution in [3.8, 4) is 0 Å². The van der Waals surface area contributed by atoms with Crippen LogP contribution in [0, 0.1) is 5.92 Å². The van der Waals surface area contributed by atoms with E-state index in [-0.39, 0.29) is 24.2 Å². The van der Waals surface area contributed by atoms with Crippen LogP contribution >= 0.6 is 11.6 Å². The van der Waals surface area contributed by atoms with Crippen LogP contribution in [0.15, 0.2) is 36.7 Å². The summed E-state index contributed by atoms with van der Waals surface area (Å²) in [5.74, 6) is 0.185. The average Bonchev–Trinajstić information content (AvgIpc) is 3.28. The highest BCUT2D eigenvalue weighted by atomic mass is 35.5. The number of hydrogen-bond donors (Lipinski definition) is 4. The summed E-state index contributed by atoms with van der Waals surface area (Å²) in [5, 5.41) is 23.4. The lowest BCUT2D eigenvalue weighted by Gasteiger charge is -2.16. The minimum absolute atomic E-state index is 0.105. The number of nitrogens with zero attached hydrogens (tertiary/aromatic N) is 2. The minimum Gasteiger partial charge on any atom is -0.483 e. The fourth-order valence-corrected chi connectivity index (χ4v) is 3.44. The summed E-state index contributed by atoms with van der Waals surface area (Å²) in [6.45, 7) is 0.234. The first-order valence-corrected chi connectivity index (χ1v) is 9.79. The van der Waals surface area contributed by atoms with Crippen LogP contribution in [-0.2, 0) is 23.1 Å². The predicted molar refractivity (Wildman–Crippen MR) is 110 cm³/mol. The Labute approximate surface area is 179 Å². The van der Waals surface area contributed by atoms with Crippen molar-refractivity contribution in [3.63, 3.8) is 0 Å². The molecule has 1 aliphatic rings. The quantitative estimate of drug-likeness (QED) is 0.499. The van der Waals surface area contributed by atoms with E-state index in [1.54, 1.807) is 30.5 Å². The molecular formula is C20H25ClN4O5. The Morgan fingerprint density at radius 1 is 1.30 bits per heavy atom. The number of aliphatic hydroxyl groups is 1. The van der Waals surface area contributed by atoms with Crippen molar-refractivity contribution < 1.29 is 24.6 Å². The highest BCUT2D eigenvalue weighted by molar-refractivity contribution is 6.30. The number of aryl methyl sites for hydroxylation is 1. The number of carbonyl (C=O) groups is 3. The lowest BCUT2D eigenvalue weighted by atomic mass is 10.1. The highest BCUT2D eigenvalue weighted by Gasteiger charge is 2.37. The number of halogens is 1. The smallest absolute Gasteiger partial charge is 0.290 e. The molecule has 1 fully saturated rings. The van der Waals surface area contributed by atoms with Crippen molar-refractivity contribution >= 4 is 29.9 Å². The van der Waals surface area contributed by atoms with Crippen LogP contribution in [0.3, 0.4) is 0 Å². The molecule has 3 rings (SSSR count). The average molecular weight is 437 g/mol. The van der Waals surface area contributed by atoms with Crippen molar-refractivity contribution in [2.45, 2.75) is 31.4 Å². The Hall–Kier alpha value is -2.91. The Kier molecular flexibility index (Phi) is 8.82. The van der Waals surface area contributed by atoms with Crippen LogP contribution in [0.4, 0.5) is 0 Å². The molecule has 10 heteroatoms. The van der Waals surface area contributed by atoms with Crippen LogP contribution in [0.1, 0.15) is 29.0 Å². The Bertz CT molecular complexity index is 855. The fourth-order valence-electron chi connectivity index (χ4n) is 3.32. The predicted octanol–water partition coefficient (Wildman–Crippen LogP) is 1.00. The number of rotatable bonds is 6. The van der Waals surface area contributed by atoms with Crippen molar-refractivity contribution in [1.29, 1.82) is 0 Å². The topological polar surface area (TPSA) is 134 Å². The second kappa shape index (κ2) is 11.3. The molecule has 0 bridgehead atoms. The Morgan fingerprint density at radius 3 is 2.57 bits per heavy atom. The molecule has 30 heavy (non-hydrogen) atoms. The van der Waals surface area contributed by atoms with Crippen molar-refractivity contribution in [2.24, 2.45) is 13.0 Å². The molecule has 1 aromatic carbocycles. The molecule has 1 heterocycles. The normalized spacial score (nSPS) is 20.0. The first-order chi connectivity index (χ1) is 14.3. The molecular weight excluding hydrogens is 412 g/mol. The molecule has 0 radical (unpaired) electrons. The first kappa shape index (κ1) is 23.4. The van der Waals surface area contributed by atoms with Gasteiger partial charge in [-0.3, -0.25) is 14.4 Å². The SMILES string of the molecule is Cn1ccnc1CCNC(=O)[C@H]1C[C@H](NC(=O)c2ccc(Cl)cc2)[C@@H](O)C1.O=CO. The van der Waals surface area contributed by atoms with Gasteiger partial charge < -0.3 is 25.4 Å². The standard InChI is InChI=1S/C19H23ClN4O3.CH2O2/c1-24-9-8-21-17(24)6-7-22-18(26)13-10-15(16(25)11-13)23-19(27)12-2-4-14(20)5-3-12;2-1-3/h2-5,8-9,13,15-16,25H,6-7,10-11H2,1H3,(H,22,26)(H,23,27);1H,(H,2,3)/t13-,15-,16-;/m0./s1. The zero-order chi connectivity index (χ0) is 22.1. The van der Waals surface area contributed by atoms with Crippen LogP contribution in [-0.4, -0.2) is 56.7 Å². The molecule has 0 saturated heterocycles. The molecule has 0 aliphatic heterocycles. The highest BCUT2D eigenvalue weighted by Crippen LogP contribution is 2.26. The van der Waals surface area contributed by atoms with Gasteiger partial charge >= 0.3 is 0 Å². The van der Waals surface area contributed by atoms with Crippen LogP contribution < -0.4 is 10.6 Å². The number of amides is 2. The second-order valence-corrected chi connectivity index (χ2v) is 7.36. The molecule has 0 spiro atoms. The fraction of sp³-hybridized carbons (Fsp3) is 0.400.